The zero-order valence-electron chi connectivity index (χ0n) is 34.4. The van der Waals surface area contributed by atoms with Crippen molar-refractivity contribution in [2.24, 2.45) is 56.7 Å². The number of nitrogens with zero attached hydrogens (tertiary/aromatic N) is 2. The molecule has 4 fully saturated rings. The highest BCUT2D eigenvalue weighted by molar-refractivity contribution is 6.00. The smallest absolute Gasteiger partial charge is 0.309 e. The summed E-state index contributed by atoms with van der Waals surface area (Å²) in [4.78, 5) is 46.1. The highest BCUT2D eigenvalue weighted by Crippen LogP contribution is 2.73. The molecule has 1 aromatic rings. The first kappa shape index (κ1) is 40.1. The summed E-state index contributed by atoms with van der Waals surface area (Å²) in [5.74, 6) is 1.33. The van der Waals surface area contributed by atoms with Crippen LogP contribution in [0.5, 0.6) is 0 Å². The van der Waals surface area contributed by atoms with Crippen LogP contribution < -0.4 is 5.32 Å². The maximum atomic E-state index is 14.1. The predicted octanol–water partition coefficient (Wildman–Crippen LogP) is 8.50. The Morgan fingerprint density at radius 2 is 1.74 bits per heavy atom. The van der Waals surface area contributed by atoms with Gasteiger partial charge < -0.3 is 15.2 Å². The molecule has 4 saturated carbocycles. The number of aromatic nitrogens is 1. The second-order valence-corrected chi connectivity index (χ2v) is 20.0. The van der Waals surface area contributed by atoms with Crippen LogP contribution in [0, 0.1) is 56.7 Å². The summed E-state index contributed by atoms with van der Waals surface area (Å²) >= 11 is 0. The number of rotatable bonds is 13. The van der Waals surface area contributed by atoms with Crippen LogP contribution in [0.4, 0.5) is 0 Å². The van der Waals surface area contributed by atoms with Crippen LogP contribution >= 0.6 is 0 Å². The van der Waals surface area contributed by atoms with Crippen molar-refractivity contribution in [1.29, 1.82) is 0 Å². The Balaban J connectivity index is 1.23. The van der Waals surface area contributed by atoms with Gasteiger partial charge >= 0.3 is 11.9 Å². The molecule has 8 atom stereocenters. The molecule has 294 valence electrons. The average molecular weight is 732 g/mol. The summed E-state index contributed by atoms with van der Waals surface area (Å²) in [6, 6.07) is 6.17. The summed E-state index contributed by atoms with van der Waals surface area (Å²) in [7, 11) is 2.02. The lowest BCUT2D eigenvalue weighted by Gasteiger charge is -2.69. The molecule has 6 rings (SSSR count). The number of ketones is 1. The van der Waals surface area contributed by atoms with Crippen LogP contribution in [0.2, 0.25) is 0 Å². The summed E-state index contributed by atoms with van der Waals surface area (Å²) < 4.78 is 6.18. The molecule has 8 unspecified atom stereocenters. The van der Waals surface area contributed by atoms with E-state index in [1.165, 1.54) is 24.8 Å². The van der Waals surface area contributed by atoms with Crippen LogP contribution in [-0.2, 0) is 25.7 Å². The number of hydrogen-bond donors (Lipinski definition) is 2. The fourth-order valence-corrected chi connectivity index (χ4v) is 13.2. The van der Waals surface area contributed by atoms with Crippen LogP contribution in [-0.4, -0.2) is 65.5 Å². The number of carboxylic acid groups (broad SMARTS) is 1. The number of carboxylic acids is 1. The quantitative estimate of drug-likeness (QED) is 0.195. The van der Waals surface area contributed by atoms with Crippen molar-refractivity contribution in [3.05, 3.63) is 41.2 Å². The fourth-order valence-electron chi connectivity index (χ4n) is 13.2. The van der Waals surface area contributed by atoms with Crippen molar-refractivity contribution in [2.75, 3.05) is 26.7 Å². The molecule has 5 aliphatic rings. The summed E-state index contributed by atoms with van der Waals surface area (Å²) in [5.41, 5.74) is 2.78. The molecule has 0 saturated heterocycles. The number of nitrogens with one attached hydrogen (secondary N) is 1. The van der Waals surface area contributed by atoms with Gasteiger partial charge in [-0.2, -0.15) is 0 Å². The lowest BCUT2D eigenvalue weighted by atomic mass is 9.36. The number of pyridine rings is 1. The Morgan fingerprint density at radius 3 is 2.40 bits per heavy atom. The number of hydrogen-bond acceptors (Lipinski definition) is 7. The van der Waals surface area contributed by atoms with Crippen molar-refractivity contribution >= 4 is 17.7 Å². The van der Waals surface area contributed by atoms with Gasteiger partial charge in [-0.25, -0.2) is 0 Å². The van der Waals surface area contributed by atoms with Gasteiger partial charge in [0.05, 0.1) is 17.5 Å². The molecule has 0 amide bonds. The number of allylic oxidation sites excluding steroid dienone is 2. The Kier molecular flexibility index (Phi) is 11.2. The van der Waals surface area contributed by atoms with Gasteiger partial charge in [-0.15, -0.1) is 0 Å². The number of aliphatic carboxylic acids is 1. The Bertz CT molecular complexity index is 1570. The summed E-state index contributed by atoms with van der Waals surface area (Å²) in [5, 5.41) is 13.0. The highest BCUT2D eigenvalue weighted by Gasteiger charge is 2.66. The minimum absolute atomic E-state index is 0.0384. The second kappa shape index (κ2) is 14.8. The van der Waals surface area contributed by atoms with Gasteiger partial charge in [0.25, 0.3) is 0 Å². The van der Waals surface area contributed by atoms with Gasteiger partial charge in [0, 0.05) is 43.1 Å². The van der Waals surface area contributed by atoms with E-state index in [4.69, 9.17) is 4.74 Å². The minimum atomic E-state index is -1.15. The van der Waals surface area contributed by atoms with Crippen molar-refractivity contribution in [1.82, 2.24) is 15.2 Å². The van der Waals surface area contributed by atoms with Gasteiger partial charge in [0.15, 0.2) is 5.78 Å². The van der Waals surface area contributed by atoms with E-state index < -0.39 is 17.4 Å². The van der Waals surface area contributed by atoms with Gasteiger partial charge in [-0.3, -0.25) is 24.3 Å². The molecule has 53 heavy (non-hydrogen) atoms. The summed E-state index contributed by atoms with van der Waals surface area (Å²) in [6.07, 6.45) is 12.1. The molecule has 8 heteroatoms. The lowest BCUT2D eigenvalue weighted by Crippen LogP contribution is -2.63. The van der Waals surface area contributed by atoms with Crippen LogP contribution in [0.15, 0.2) is 35.5 Å². The van der Waals surface area contributed by atoms with Gasteiger partial charge in [-0.05, 0) is 143 Å². The number of carbonyl (C=O) groups is 3. The van der Waals surface area contributed by atoms with Gasteiger partial charge in [0.2, 0.25) is 0 Å². The van der Waals surface area contributed by atoms with E-state index in [9.17, 15) is 19.5 Å². The molecule has 2 N–H and O–H groups in total. The van der Waals surface area contributed by atoms with E-state index in [0.29, 0.717) is 35.9 Å². The van der Waals surface area contributed by atoms with Crippen molar-refractivity contribution in [3.8, 4) is 0 Å². The van der Waals surface area contributed by atoms with Gasteiger partial charge in [0.1, 0.15) is 6.10 Å². The Labute approximate surface area is 319 Å². The standard InChI is InChI=1S/C45H69N3O5/c1-29(2)38-33(49)26-45(21-24-48(25-23-46-9)28-30-12-10-11-22-47-30)20-15-32-31(39(38)45)13-14-35-43(32,7)18-16-34-42(5,6)36(17-19-44(34,35)8)53-37(50)27-41(3,4)40(51)52/h10-12,22,29,31-32,34-36,46H,13-21,23-28H2,1-9H3,(H,51,52). The lowest BCUT2D eigenvalue weighted by molar-refractivity contribution is -0.214. The molecular formula is C45H69N3O5. The van der Waals surface area contributed by atoms with Crippen LogP contribution in [0.25, 0.3) is 0 Å². The summed E-state index contributed by atoms with van der Waals surface area (Å²) in [6.45, 7) is 21.1. The fraction of sp³-hybridized carbons (Fsp3) is 0.778. The molecule has 0 radical (unpaired) electrons. The molecule has 0 spiro atoms. The number of ether oxygens (including phenoxy) is 1. The van der Waals surface area contributed by atoms with E-state index in [1.54, 1.807) is 19.4 Å². The number of Topliss-reactive ketones (excluding diaryl/α,β-unsaturated/α-hetero) is 1. The second-order valence-electron chi connectivity index (χ2n) is 20.0. The molecule has 0 aromatic carbocycles. The third-order valence-electron chi connectivity index (χ3n) is 15.8. The Morgan fingerprint density at radius 1 is 1.00 bits per heavy atom. The topological polar surface area (TPSA) is 109 Å². The van der Waals surface area contributed by atoms with E-state index in [-0.39, 0.29) is 40.1 Å². The average Bonchev–Trinajstić information content (AvgIpc) is 3.39. The SMILES string of the molecule is CNCCN(CCC12CCC3C(CCC4C3(C)CCC3C(C)(C)C(OC(=O)CC(C)(C)C(=O)O)CCC34C)C1=C(C(C)C)C(=O)C2)Cc1ccccn1. The van der Waals surface area contributed by atoms with E-state index in [2.05, 4.69) is 68.9 Å². The maximum Gasteiger partial charge on any atom is 0.309 e. The third kappa shape index (κ3) is 7.18. The van der Waals surface area contributed by atoms with Crippen molar-refractivity contribution in [3.63, 3.8) is 0 Å². The minimum Gasteiger partial charge on any atom is -0.481 e. The zero-order chi connectivity index (χ0) is 38.6. The largest absolute Gasteiger partial charge is 0.481 e. The molecule has 1 heterocycles. The monoisotopic (exact) mass is 732 g/mol. The number of esters is 1. The first-order chi connectivity index (χ1) is 24.9. The molecule has 8 nitrogen and oxygen atoms in total. The van der Waals surface area contributed by atoms with Crippen molar-refractivity contribution in [2.45, 2.75) is 139 Å². The Hall–Kier alpha value is -2.58. The maximum absolute atomic E-state index is 14.1. The first-order valence-electron chi connectivity index (χ1n) is 20.9. The molecular weight excluding hydrogens is 663 g/mol. The van der Waals surface area contributed by atoms with Gasteiger partial charge in [-0.1, -0.05) is 53.2 Å². The predicted molar refractivity (Wildman–Crippen MR) is 209 cm³/mol. The third-order valence-corrected chi connectivity index (χ3v) is 15.8. The molecule has 5 aliphatic carbocycles. The highest BCUT2D eigenvalue weighted by atomic mass is 16.5. The molecule has 1 aromatic heterocycles. The van der Waals surface area contributed by atoms with Crippen LogP contribution in [0.1, 0.15) is 132 Å². The molecule has 0 aliphatic heterocycles. The zero-order valence-corrected chi connectivity index (χ0v) is 34.4. The number of likely N-dealkylation sites (N-methyl/N-ethyl adjacent to an activating group) is 1. The van der Waals surface area contributed by atoms with Crippen LogP contribution in [0.3, 0.4) is 0 Å². The number of fused-ring (bicyclic) bond motifs is 7. The molecule has 0 bridgehead atoms. The number of carbonyl (C=O) groups excluding carboxylic acids is 2. The van der Waals surface area contributed by atoms with E-state index >= 15 is 0 Å². The van der Waals surface area contributed by atoms with E-state index in [0.717, 1.165) is 70.4 Å². The first-order valence-corrected chi connectivity index (χ1v) is 20.9. The normalized spacial score (nSPS) is 35.1. The van der Waals surface area contributed by atoms with E-state index in [1.807, 2.05) is 19.3 Å². The van der Waals surface area contributed by atoms with Crippen molar-refractivity contribution < 1.29 is 24.2 Å².